The fourth-order valence-electron chi connectivity index (χ4n) is 4.12. The van der Waals surface area contributed by atoms with E-state index in [2.05, 4.69) is 10.6 Å². The first-order valence-corrected chi connectivity index (χ1v) is 11.9. The Hall–Kier alpha value is -3.39. The van der Waals surface area contributed by atoms with Crippen LogP contribution in [0.3, 0.4) is 0 Å². The molecule has 1 aliphatic rings. The Morgan fingerprint density at radius 3 is 2.03 bits per heavy atom. The van der Waals surface area contributed by atoms with Crippen LogP contribution in [0, 0.1) is 0 Å². The summed E-state index contributed by atoms with van der Waals surface area (Å²) >= 11 is 0. The van der Waals surface area contributed by atoms with E-state index in [9.17, 15) is 19.5 Å². The van der Waals surface area contributed by atoms with Crippen molar-refractivity contribution in [3.63, 3.8) is 0 Å². The maximum Gasteiger partial charge on any atom is 0.407 e. The summed E-state index contributed by atoms with van der Waals surface area (Å²) in [5.74, 6) is -1.88. The highest BCUT2D eigenvalue weighted by Gasteiger charge is 2.31. The van der Waals surface area contributed by atoms with Crippen molar-refractivity contribution in [3.05, 3.63) is 59.7 Å². The SMILES string of the molecule is CCCC(NC(=O)[C@H](COC(C)(C)C)NC(=O)OCC1c2ccccc2-c2ccccc21)C(=O)O. The number of ether oxygens (including phenoxy) is 2. The molecule has 35 heavy (non-hydrogen) atoms. The van der Waals surface area contributed by atoms with Crippen LogP contribution in [0.4, 0.5) is 4.79 Å². The van der Waals surface area contributed by atoms with Gasteiger partial charge >= 0.3 is 12.1 Å². The number of carbonyl (C=O) groups excluding carboxylic acids is 2. The predicted octanol–water partition coefficient (Wildman–Crippen LogP) is 4.08. The van der Waals surface area contributed by atoms with Crippen LogP contribution in [0.1, 0.15) is 57.6 Å². The molecule has 0 fully saturated rings. The molecule has 188 valence electrons. The zero-order valence-electron chi connectivity index (χ0n) is 20.7. The normalized spacial score (nSPS) is 14.4. The maximum atomic E-state index is 12.8. The van der Waals surface area contributed by atoms with Crippen LogP contribution < -0.4 is 10.6 Å². The number of alkyl carbamates (subject to hydrolysis) is 1. The quantitative estimate of drug-likeness (QED) is 0.470. The lowest BCUT2D eigenvalue weighted by Crippen LogP contribution is -2.54. The molecule has 0 saturated carbocycles. The van der Waals surface area contributed by atoms with Gasteiger partial charge in [-0.05, 0) is 49.4 Å². The Morgan fingerprint density at radius 1 is 0.943 bits per heavy atom. The molecule has 1 unspecified atom stereocenters. The fraction of sp³-hybridized carbons (Fsp3) is 0.444. The van der Waals surface area contributed by atoms with Crippen molar-refractivity contribution in [2.45, 2.75) is 64.1 Å². The molecule has 0 radical (unpaired) electrons. The molecule has 0 saturated heterocycles. The zero-order chi connectivity index (χ0) is 25.6. The topological polar surface area (TPSA) is 114 Å². The highest BCUT2D eigenvalue weighted by Crippen LogP contribution is 2.44. The number of carbonyl (C=O) groups is 3. The van der Waals surface area contributed by atoms with Crippen LogP contribution in [-0.4, -0.2) is 54.0 Å². The smallest absolute Gasteiger partial charge is 0.407 e. The second-order valence-electron chi connectivity index (χ2n) is 9.63. The minimum Gasteiger partial charge on any atom is -0.480 e. The van der Waals surface area contributed by atoms with Crippen LogP contribution in [0.25, 0.3) is 11.1 Å². The monoisotopic (exact) mass is 482 g/mol. The van der Waals surface area contributed by atoms with E-state index in [1.807, 2.05) is 76.2 Å². The third kappa shape index (κ3) is 6.82. The van der Waals surface area contributed by atoms with E-state index in [1.54, 1.807) is 0 Å². The van der Waals surface area contributed by atoms with Crippen LogP contribution >= 0.6 is 0 Å². The van der Waals surface area contributed by atoms with Crippen molar-refractivity contribution in [1.82, 2.24) is 10.6 Å². The van der Waals surface area contributed by atoms with Gasteiger partial charge in [0.15, 0.2) is 0 Å². The van der Waals surface area contributed by atoms with Gasteiger partial charge in [0, 0.05) is 5.92 Å². The van der Waals surface area contributed by atoms with Crippen LogP contribution in [0.5, 0.6) is 0 Å². The van der Waals surface area contributed by atoms with Gasteiger partial charge in [-0.1, -0.05) is 61.9 Å². The van der Waals surface area contributed by atoms with E-state index in [0.717, 1.165) is 22.3 Å². The standard InChI is InChI=1S/C27H34N2O6/c1-5-10-22(25(31)32)28-24(30)23(16-35-27(2,3)4)29-26(33)34-15-21-19-13-8-6-11-17(19)18-12-7-9-14-20(18)21/h6-9,11-14,21-23H,5,10,15-16H2,1-4H3,(H,28,30)(H,29,33)(H,31,32)/t22?,23-/m0/s1. The highest BCUT2D eigenvalue weighted by atomic mass is 16.5. The number of amides is 2. The first-order valence-electron chi connectivity index (χ1n) is 11.9. The minimum atomic E-state index is -1.13. The molecule has 0 heterocycles. The van der Waals surface area contributed by atoms with Crippen molar-refractivity contribution < 1.29 is 29.0 Å². The van der Waals surface area contributed by atoms with Crippen molar-refractivity contribution in [1.29, 1.82) is 0 Å². The lowest BCUT2D eigenvalue weighted by Gasteiger charge is -2.26. The molecule has 8 heteroatoms. The number of aliphatic carboxylic acids is 1. The Labute approximate surface area is 206 Å². The van der Waals surface area contributed by atoms with E-state index >= 15 is 0 Å². The number of benzene rings is 2. The average Bonchev–Trinajstić information content (AvgIpc) is 3.13. The molecule has 3 rings (SSSR count). The molecule has 2 amide bonds. The van der Waals surface area contributed by atoms with Crippen molar-refractivity contribution >= 4 is 18.0 Å². The number of carboxylic acids is 1. The van der Waals surface area contributed by atoms with E-state index in [-0.39, 0.29) is 25.6 Å². The van der Waals surface area contributed by atoms with Crippen molar-refractivity contribution in [2.24, 2.45) is 0 Å². The number of rotatable bonds is 10. The third-order valence-electron chi connectivity index (χ3n) is 5.83. The number of hydrogen-bond acceptors (Lipinski definition) is 5. The molecule has 2 atom stereocenters. The Morgan fingerprint density at radius 2 is 1.51 bits per heavy atom. The summed E-state index contributed by atoms with van der Waals surface area (Å²) in [6.07, 6.45) is 0.0888. The molecule has 3 N–H and O–H groups in total. The van der Waals surface area contributed by atoms with E-state index in [0.29, 0.717) is 6.42 Å². The predicted molar refractivity (Wildman–Crippen MR) is 132 cm³/mol. The van der Waals surface area contributed by atoms with Gasteiger partial charge in [-0.15, -0.1) is 0 Å². The van der Waals surface area contributed by atoms with Gasteiger partial charge < -0.3 is 25.2 Å². The van der Waals surface area contributed by atoms with E-state index < -0.39 is 35.7 Å². The lowest BCUT2D eigenvalue weighted by molar-refractivity contribution is -0.142. The maximum absolute atomic E-state index is 12.8. The average molecular weight is 483 g/mol. The lowest BCUT2D eigenvalue weighted by atomic mass is 9.98. The summed E-state index contributed by atoms with van der Waals surface area (Å²) in [5, 5.41) is 14.4. The van der Waals surface area contributed by atoms with Crippen molar-refractivity contribution in [2.75, 3.05) is 13.2 Å². The molecule has 2 aromatic carbocycles. The highest BCUT2D eigenvalue weighted by molar-refractivity contribution is 5.89. The van der Waals surface area contributed by atoms with Crippen LogP contribution in [-0.2, 0) is 19.1 Å². The second-order valence-corrected chi connectivity index (χ2v) is 9.63. The molecule has 8 nitrogen and oxygen atoms in total. The summed E-state index contributed by atoms with van der Waals surface area (Å²) in [6.45, 7) is 7.28. The molecule has 1 aliphatic carbocycles. The Balaban J connectivity index is 1.68. The number of hydrogen-bond donors (Lipinski definition) is 3. The fourth-order valence-corrected chi connectivity index (χ4v) is 4.12. The molecule has 2 aromatic rings. The summed E-state index contributed by atoms with van der Waals surface area (Å²) in [6, 6.07) is 13.9. The first-order chi connectivity index (χ1) is 16.6. The van der Waals surface area contributed by atoms with Crippen LogP contribution in [0.15, 0.2) is 48.5 Å². The summed E-state index contributed by atoms with van der Waals surface area (Å²) in [4.78, 5) is 37.1. The van der Waals surface area contributed by atoms with Crippen LogP contribution in [0.2, 0.25) is 0 Å². The molecular weight excluding hydrogens is 448 g/mol. The van der Waals surface area contributed by atoms with Gasteiger partial charge in [-0.3, -0.25) is 4.79 Å². The van der Waals surface area contributed by atoms with Gasteiger partial charge in [0.05, 0.1) is 12.2 Å². The minimum absolute atomic E-state index is 0.0991. The molecular formula is C27H34N2O6. The first kappa shape index (κ1) is 26.2. The zero-order valence-corrected chi connectivity index (χ0v) is 20.7. The van der Waals surface area contributed by atoms with E-state index in [4.69, 9.17) is 9.47 Å². The van der Waals surface area contributed by atoms with Gasteiger partial charge in [0.2, 0.25) is 5.91 Å². The van der Waals surface area contributed by atoms with E-state index in [1.165, 1.54) is 0 Å². The van der Waals surface area contributed by atoms with Gasteiger partial charge in [-0.25, -0.2) is 9.59 Å². The molecule has 0 aliphatic heterocycles. The third-order valence-corrected chi connectivity index (χ3v) is 5.83. The summed E-state index contributed by atoms with van der Waals surface area (Å²) < 4.78 is 11.3. The van der Waals surface area contributed by atoms with Gasteiger partial charge in [0.25, 0.3) is 0 Å². The van der Waals surface area contributed by atoms with Gasteiger partial charge in [-0.2, -0.15) is 0 Å². The number of carboxylic acid groups (broad SMARTS) is 1. The number of nitrogens with one attached hydrogen (secondary N) is 2. The Kier molecular flexibility index (Phi) is 8.51. The Bertz CT molecular complexity index is 1020. The molecule has 0 aromatic heterocycles. The van der Waals surface area contributed by atoms with Crippen molar-refractivity contribution in [3.8, 4) is 11.1 Å². The largest absolute Gasteiger partial charge is 0.480 e. The molecule has 0 spiro atoms. The summed E-state index contributed by atoms with van der Waals surface area (Å²) in [7, 11) is 0. The summed E-state index contributed by atoms with van der Waals surface area (Å²) in [5.41, 5.74) is 3.83. The molecule has 0 bridgehead atoms. The second kappa shape index (κ2) is 11.4. The van der Waals surface area contributed by atoms with Gasteiger partial charge in [0.1, 0.15) is 18.7 Å². The number of fused-ring (bicyclic) bond motifs is 3.